The van der Waals surface area contributed by atoms with Gasteiger partial charge in [0.25, 0.3) is 5.91 Å². The highest BCUT2D eigenvalue weighted by molar-refractivity contribution is 7.15. The number of carbonyl (C=O) groups excluding carboxylic acids is 1. The Kier molecular flexibility index (Phi) is 5.40. The second-order valence-corrected chi connectivity index (χ2v) is 7.13. The van der Waals surface area contributed by atoms with Crippen LogP contribution < -0.4 is 11.1 Å². The Morgan fingerprint density at radius 3 is 2.92 bits per heavy atom. The summed E-state index contributed by atoms with van der Waals surface area (Å²) in [5, 5.41) is 7.51. The van der Waals surface area contributed by atoms with Gasteiger partial charge in [-0.3, -0.25) is 4.79 Å². The molecule has 0 aliphatic heterocycles. The molecule has 3 N–H and O–H groups in total. The molecule has 3 aromatic rings. The number of nitrogens with two attached hydrogens (primary N) is 1. The lowest BCUT2D eigenvalue weighted by Crippen LogP contribution is -2.26. The molecule has 130 valence electrons. The molecule has 5 nitrogen and oxygen atoms in total. The quantitative estimate of drug-likeness (QED) is 0.677. The lowest BCUT2D eigenvalue weighted by atomic mass is 10.1. The van der Waals surface area contributed by atoms with Gasteiger partial charge in [0.05, 0.1) is 4.88 Å². The molecule has 0 bridgehead atoms. The zero-order chi connectivity index (χ0) is 17.8. The summed E-state index contributed by atoms with van der Waals surface area (Å²) in [5.74, 6) is -0.260. The maximum absolute atomic E-state index is 12.5. The summed E-state index contributed by atoms with van der Waals surface area (Å²) in [6.07, 6.45) is 1.60. The first-order valence-corrected chi connectivity index (χ1v) is 9.14. The van der Waals surface area contributed by atoms with Crippen molar-refractivity contribution in [3.05, 3.63) is 57.4 Å². The molecule has 0 saturated heterocycles. The first-order valence-electron chi connectivity index (χ1n) is 7.95. The number of thiophene rings is 1. The maximum atomic E-state index is 12.5. The van der Waals surface area contributed by atoms with Gasteiger partial charge in [-0.2, -0.15) is 0 Å². The van der Waals surface area contributed by atoms with E-state index in [2.05, 4.69) is 17.4 Å². The van der Waals surface area contributed by atoms with Gasteiger partial charge >= 0.3 is 0 Å². The fourth-order valence-electron chi connectivity index (χ4n) is 2.49. The molecule has 0 atom stereocenters. The lowest BCUT2D eigenvalue weighted by molar-refractivity contribution is 0.0955. The van der Waals surface area contributed by atoms with Crippen molar-refractivity contribution < 1.29 is 9.32 Å². The molecule has 0 unspecified atom stereocenters. The third kappa shape index (κ3) is 4.03. The standard InChI is InChI=1S/C18H18ClN3O2S/c1-2-13-6-7-14(25-13)16-15(17(20)24-22-16)18(23)21-9-8-11-4-3-5-12(19)10-11/h3-7,10H,2,8-9,20H2,1H3,(H,21,23). The number of halogens is 1. The fraction of sp³-hybridized carbons (Fsp3) is 0.222. The van der Waals surface area contributed by atoms with Crippen LogP contribution in [0.4, 0.5) is 5.88 Å². The molecule has 1 aromatic carbocycles. The van der Waals surface area contributed by atoms with E-state index in [4.69, 9.17) is 21.9 Å². The van der Waals surface area contributed by atoms with Crippen LogP contribution in [-0.2, 0) is 12.8 Å². The smallest absolute Gasteiger partial charge is 0.259 e. The molecule has 0 aliphatic carbocycles. The van der Waals surface area contributed by atoms with Crippen LogP contribution in [0.5, 0.6) is 0 Å². The predicted molar refractivity (Wildman–Crippen MR) is 101 cm³/mol. The van der Waals surface area contributed by atoms with E-state index in [0.717, 1.165) is 16.9 Å². The van der Waals surface area contributed by atoms with E-state index >= 15 is 0 Å². The number of aryl methyl sites for hydroxylation is 1. The van der Waals surface area contributed by atoms with Crippen LogP contribution in [0.25, 0.3) is 10.6 Å². The average Bonchev–Trinajstić information content (AvgIpc) is 3.21. The average molecular weight is 376 g/mol. The highest BCUT2D eigenvalue weighted by Crippen LogP contribution is 2.32. The summed E-state index contributed by atoms with van der Waals surface area (Å²) in [4.78, 5) is 14.6. The van der Waals surface area contributed by atoms with Crippen LogP contribution in [0, 0.1) is 0 Å². The van der Waals surface area contributed by atoms with Crippen molar-refractivity contribution in [3.8, 4) is 10.6 Å². The molecule has 0 fully saturated rings. The summed E-state index contributed by atoms with van der Waals surface area (Å²) in [6.45, 7) is 2.55. The molecule has 1 amide bonds. The minimum Gasteiger partial charge on any atom is -0.367 e. The number of hydrogen-bond donors (Lipinski definition) is 2. The van der Waals surface area contributed by atoms with Crippen molar-refractivity contribution in [1.29, 1.82) is 0 Å². The van der Waals surface area contributed by atoms with Crippen molar-refractivity contribution in [2.24, 2.45) is 0 Å². The van der Waals surface area contributed by atoms with Crippen LogP contribution >= 0.6 is 22.9 Å². The third-order valence-electron chi connectivity index (χ3n) is 3.78. The number of hydrogen-bond acceptors (Lipinski definition) is 5. The number of rotatable bonds is 6. The van der Waals surface area contributed by atoms with E-state index in [0.29, 0.717) is 23.7 Å². The number of aromatic nitrogens is 1. The van der Waals surface area contributed by atoms with Gasteiger partial charge in [0.2, 0.25) is 5.88 Å². The molecule has 7 heteroatoms. The molecule has 2 heterocycles. The largest absolute Gasteiger partial charge is 0.367 e. The van der Waals surface area contributed by atoms with E-state index in [1.54, 1.807) is 11.3 Å². The van der Waals surface area contributed by atoms with Crippen molar-refractivity contribution in [3.63, 3.8) is 0 Å². The molecular weight excluding hydrogens is 358 g/mol. The fourth-order valence-corrected chi connectivity index (χ4v) is 3.63. The monoisotopic (exact) mass is 375 g/mol. The van der Waals surface area contributed by atoms with Crippen molar-refractivity contribution >= 4 is 34.7 Å². The van der Waals surface area contributed by atoms with E-state index in [1.807, 2.05) is 36.4 Å². The van der Waals surface area contributed by atoms with Crippen molar-refractivity contribution in [1.82, 2.24) is 10.5 Å². The number of nitrogens with one attached hydrogen (secondary N) is 1. The molecule has 25 heavy (non-hydrogen) atoms. The zero-order valence-electron chi connectivity index (χ0n) is 13.7. The van der Waals surface area contributed by atoms with Crippen LogP contribution in [-0.4, -0.2) is 17.6 Å². The number of benzene rings is 1. The number of amides is 1. The van der Waals surface area contributed by atoms with Crippen LogP contribution in [0.1, 0.15) is 27.7 Å². The summed E-state index contributed by atoms with van der Waals surface area (Å²) in [7, 11) is 0. The Morgan fingerprint density at radius 2 is 2.20 bits per heavy atom. The highest BCUT2D eigenvalue weighted by atomic mass is 35.5. The minimum atomic E-state index is -0.290. The molecule has 0 radical (unpaired) electrons. The van der Waals surface area contributed by atoms with Gasteiger partial charge in [-0.15, -0.1) is 11.3 Å². The van der Waals surface area contributed by atoms with Gasteiger partial charge in [-0.05, 0) is 42.7 Å². The lowest BCUT2D eigenvalue weighted by Gasteiger charge is -2.05. The van der Waals surface area contributed by atoms with E-state index < -0.39 is 0 Å². The van der Waals surface area contributed by atoms with E-state index in [1.165, 1.54) is 4.88 Å². The molecule has 3 rings (SSSR count). The molecule has 2 aromatic heterocycles. The van der Waals surface area contributed by atoms with Crippen molar-refractivity contribution in [2.75, 3.05) is 12.3 Å². The minimum absolute atomic E-state index is 0.0294. The van der Waals surface area contributed by atoms with E-state index in [9.17, 15) is 4.79 Å². The summed E-state index contributed by atoms with van der Waals surface area (Å²) < 4.78 is 5.05. The van der Waals surface area contributed by atoms with Gasteiger partial charge in [-0.25, -0.2) is 0 Å². The van der Waals surface area contributed by atoms with Crippen LogP contribution in [0.15, 0.2) is 40.9 Å². The molecular formula is C18H18ClN3O2S. The number of anilines is 1. The topological polar surface area (TPSA) is 81.2 Å². The van der Waals surface area contributed by atoms with Crippen molar-refractivity contribution in [2.45, 2.75) is 19.8 Å². The van der Waals surface area contributed by atoms with Crippen LogP contribution in [0.3, 0.4) is 0 Å². The predicted octanol–water partition coefficient (Wildman–Crippen LogP) is 4.17. The first kappa shape index (κ1) is 17.5. The van der Waals surface area contributed by atoms with Gasteiger partial charge < -0.3 is 15.6 Å². The molecule has 0 aliphatic rings. The van der Waals surface area contributed by atoms with Crippen LogP contribution in [0.2, 0.25) is 5.02 Å². The number of nitrogen functional groups attached to an aromatic ring is 1. The first-order chi connectivity index (χ1) is 12.1. The Hall–Kier alpha value is -2.31. The second kappa shape index (κ2) is 7.72. The Morgan fingerprint density at radius 1 is 1.36 bits per heavy atom. The maximum Gasteiger partial charge on any atom is 0.259 e. The Labute approximate surface area is 154 Å². The second-order valence-electron chi connectivity index (χ2n) is 5.53. The number of carbonyl (C=O) groups is 1. The Balaban J connectivity index is 1.71. The highest BCUT2D eigenvalue weighted by Gasteiger charge is 2.23. The Bertz CT molecular complexity index is 888. The summed E-state index contributed by atoms with van der Waals surface area (Å²) >= 11 is 7.55. The van der Waals surface area contributed by atoms with E-state index in [-0.39, 0.29) is 17.4 Å². The molecule has 0 spiro atoms. The SMILES string of the molecule is CCc1ccc(-c2noc(N)c2C(=O)NCCc2cccc(Cl)c2)s1. The zero-order valence-corrected chi connectivity index (χ0v) is 15.3. The molecule has 0 saturated carbocycles. The van der Waals surface area contributed by atoms with Gasteiger partial charge in [0.15, 0.2) is 0 Å². The summed E-state index contributed by atoms with van der Waals surface area (Å²) in [6, 6.07) is 11.5. The van der Waals surface area contributed by atoms with Gasteiger partial charge in [0.1, 0.15) is 11.3 Å². The summed E-state index contributed by atoms with van der Waals surface area (Å²) in [5.41, 5.74) is 7.65. The van der Waals surface area contributed by atoms with Gasteiger partial charge in [-0.1, -0.05) is 35.8 Å². The normalized spacial score (nSPS) is 10.8. The number of nitrogens with zero attached hydrogens (tertiary/aromatic N) is 1. The third-order valence-corrected chi connectivity index (χ3v) is 5.25. The van der Waals surface area contributed by atoms with Gasteiger partial charge in [0, 0.05) is 16.4 Å².